The van der Waals surface area contributed by atoms with Crippen LogP contribution < -0.4 is 0 Å². The minimum absolute atomic E-state index is 0.536. The number of aliphatic imine (C=N–C) groups is 1. The molecule has 0 rings (SSSR count). The van der Waals surface area contributed by atoms with Gasteiger partial charge in [-0.1, -0.05) is 32.9 Å². The summed E-state index contributed by atoms with van der Waals surface area (Å²) in [6.07, 6.45) is 5.26. The molecule has 0 radical (unpaired) electrons. The van der Waals surface area contributed by atoms with Crippen LogP contribution in [0.3, 0.4) is 0 Å². The summed E-state index contributed by atoms with van der Waals surface area (Å²) >= 11 is 0. The standard InChI is InChI=1S/C13H23N/c1-7-9-13(8-2)12(6)14-11(5)10(3)4/h7,9-10H,8H2,1-6H3/b9-7-,13-12+,14-11+. The van der Waals surface area contributed by atoms with Crippen LogP contribution in [0.25, 0.3) is 0 Å². The zero-order valence-electron chi connectivity index (χ0n) is 10.4. The van der Waals surface area contributed by atoms with E-state index in [1.54, 1.807) is 0 Å². The van der Waals surface area contributed by atoms with Crippen molar-refractivity contribution >= 4 is 5.71 Å². The van der Waals surface area contributed by atoms with Crippen LogP contribution in [0.5, 0.6) is 0 Å². The van der Waals surface area contributed by atoms with Crippen LogP contribution >= 0.6 is 0 Å². The van der Waals surface area contributed by atoms with E-state index < -0.39 is 0 Å². The first kappa shape index (κ1) is 13.2. The fourth-order valence-electron chi connectivity index (χ4n) is 1.16. The SMILES string of the molecule is C\C=C/C(CC)=C(C)/N=C(\C)C(C)C. The molecule has 0 aromatic rings. The average Bonchev–Trinajstić information content (AvgIpc) is 2.13. The van der Waals surface area contributed by atoms with Gasteiger partial charge < -0.3 is 0 Å². The smallest absolute Gasteiger partial charge is 0.0403 e. The average molecular weight is 193 g/mol. The number of allylic oxidation sites excluding steroid dienone is 4. The van der Waals surface area contributed by atoms with Crippen LogP contribution in [0.4, 0.5) is 0 Å². The van der Waals surface area contributed by atoms with Gasteiger partial charge in [0.1, 0.15) is 0 Å². The number of nitrogens with zero attached hydrogens (tertiary/aromatic N) is 1. The molecule has 0 N–H and O–H groups in total. The molecule has 0 bridgehead atoms. The molecule has 0 spiro atoms. The summed E-state index contributed by atoms with van der Waals surface area (Å²) in [5, 5.41) is 0. The molecule has 14 heavy (non-hydrogen) atoms. The van der Waals surface area contributed by atoms with Crippen LogP contribution in [0.2, 0.25) is 0 Å². The predicted octanol–water partition coefficient (Wildman–Crippen LogP) is 4.36. The second-order valence-corrected chi connectivity index (χ2v) is 3.87. The monoisotopic (exact) mass is 193 g/mol. The van der Waals surface area contributed by atoms with E-state index in [1.807, 2.05) is 6.92 Å². The fourth-order valence-corrected chi connectivity index (χ4v) is 1.16. The van der Waals surface area contributed by atoms with Crippen molar-refractivity contribution in [2.75, 3.05) is 0 Å². The lowest BCUT2D eigenvalue weighted by Crippen LogP contribution is -2.02. The lowest BCUT2D eigenvalue weighted by atomic mass is 10.1. The molecule has 0 saturated heterocycles. The Morgan fingerprint density at radius 2 is 1.86 bits per heavy atom. The number of hydrogen-bond donors (Lipinski definition) is 0. The van der Waals surface area contributed by atoms with Crippen molar-refractivity contribution in [1.82, 2.24) is 0 Å². The van der Waals surface area contributed by atoms with E-state index in [0.29, 0.717) is 5.92 Å². The number of rotatable bonds is 4. The molecule has 1 nitrogen and oxygen atoms in total. The van der Waals surface area contributed by atoms with Gasteiger partial charge in [-0.05, 0) is 38.7 Å². The lowest BCUT2D eigenvalue weighted by molar-refractivity contribution is 0.873. The summed E-state index contributed by atoms with van der Waals surface area (Å²) in [6.45, 7) is 12.7. The van der Waals surface area contributed by atoms with E-state index >= 15 is 0 Å². The molecule has 0 heterocycles. The van der Waals surface area contributed by atoms with E-state index in [9.17, 15) is 0 Å². The summed E-state index contributed by atoms with van der Waals surface area (Å²) in [5.41, 5.74) is 3.68. The Balaban J connectivity index is 4.88. The third-order valence-corrected chi connectivity index (χ3v) is 2.39. The highest BCUT2D eigenvalue weighted by molar-refractivity contribution is 5.84. The van der Waals surface area contributed by atoms with Gasteiger partial charge in [-0.2, -0.15) is 0 Å². The molecule has 0 aliphatic carbocycles. The lowest BCUT2D eigenvalue weighted by Gasteiger charge is -2.06. The minimum atomic E-state index is 0.536. The first-order valence-electron chi connectivity index (χ1n) is 5.40. The van der Waals surface area contributed by atoms with Gasteiger partial charge >= 0.3 is 0 Å². The predicted molar refractivity (Wildman–Crippen MR) is 65.8 cm³/mol. The van der Waals surface area contributed by atoms with Gasteiger partial charge in [0, 0.05) is 11.4 Å². The van der Waals surface area contributed by atoms with E-state index in [4.69, 9.17) is 0 Å². The van der Waals surface area contributed by atoms with Gasteiger partial charge in [0.15, 0.2) is 0 Å². The van der Waals surface area contributed by atoms with Crippen molar-refractivity contribution in [3.05, 3.63) is 23.4 Å². The zero-order chi connectivity index (χ0) is 11.1. The van der Waals surface area contributed by atoms with Crippen molar-refractivity contribution in [2.45, 2.75) is 48.0 Å². The molecule has 0 atom stereocenters. The molecule has 0 unspecified atom stereocenters. The van der Waals surface area contributed by atoms with E-state index in [-0.39, 0.29) is 0 Å². The molecule has 0 amide bonds. The Morgan fingerprint density at radius 3 is 2.21 bits per heavy atom. The fraction of sp³-hybridized carbons (Fsp3) is 0.615. The van der Waals surface area contributed by atoms with Crippen LogP contribution in [-0.4, -0.2) is 5.71 Å². The summed E-state index contributed by atoms with van der Waals surface area (Å²) in [4.78, 5) is 4.61. The molecule has 0 aromatic heterocycles. The molecule has 1 heteroatoms. The molecule has 0 aliphatic heterocycles. The highest BCUT2D eigenvalue weighted by Gasteiger charge is 2.00. The normalized spacial score (nSPS) is 15.2. The van der Waals surface area contributed by atoms with Crippen molar-refractivity contribution in [1.29, 1.82) is 0 Å². The van der Waals surface area contributed by atoms with Gasteiger partial charge in [-0.3, -0.25) is 4.99 Å². The maximum Gasteiger partial charge on any atom is 0.0403 e. The molecular formula is C13H23N. The summed E-state index contributed by atoms with van der Waals surface area (Å²) < 4.78 is 0. The van der Waals surface area contributed by atoms with Gasteiger partial charge in [0.05, 0.1) is 0 Å². The summed E-state index contributed by atoms with van der Waals surface area (Å²) in [6, 6.07) is 0. The van der Waals surface area contributed by atoms with Gasteiger partial charge in [-0.25, -0.2) is 0 Å². The second kappa shape index (κ2) is 6.58. The Hall–Kier alpha value is -0.850. The molecule has 0 saturated carbocycles. The molecule has 0 fully saturated rings. The number of hydrogen-bond acceptors (Lipinski definition) is 1. The van der Waals surface area contributed by atoms with Crippen molar-refractivity contribution in [3.63, 3.8) is 0 Å². The van der Waals surface area contributed by atoms with Gasteiger partial charge in [-0.15, -0.1) is 0 Å². The Morgan fingerprint density at radius 1 is 1.29 bits per heavy atom. The third-order valence-electron chi connectivity index (χ3n) is 2.39. The third kappa shape index (κ3) is 4.40. The second-order valence-electron chi connectivity index (χ2n) is 3.87. The summed E-state index contributed by atoms with van der Waals surface area (Å²) in [5.74, 6) is 0.536. The molecule has 0 aliphatic rings. The van der Waals surface area contributed by atoms with Crippen LogP contribution in [0, 0.1) is 5.92 Å². The Bertz CT molecular complexity index is 254. The molecule has 80 valence electrons. The van der Waals surface area contributed by atoms with Crippen molar-refractivity contribution in [3.8, 4) is 0 Å². The Labute approximate surface area is 88.6 Å². The van der Waals surface area contributed by atoms with Gasteiger partial charge in [0.2, 0.25) is 0 Å². The highest BCUT2D eigenvalue weighted by Crippen LogP contribution is 2.13. The molecule has 0 aromatic carbocycles. The maximum atomic E-state index is 4.61. The first-order valence-corrected chi connectivity index (χ1v) is 5.40. The zero-order valence-corrected chi connectivity index (χ0v) is 10.4. The highest BCUT2D eigenvalue weighted by atomic mass is 14.8. The van der Waals surface area contributed by atoms with Gasteiger partial charge in [0.25, 0.3) is 0 Å². The minimum Gasteiger partial charge on any atom is -0.262 e. The quantitative estimate of drug-likeness (QED) is 0.464. The van der Waals surface area contributed by atoms with Crippen LogP contribution in [0.1, 0.15) is 48.0 Å². The summed E-state index contributed by atoms with van der Waals surface area (Å²) in [7, 11) is 0. The van der Waals surface area contributed by atoms with E-state index in [2.05, 4.69) is 51.8 Å². The Kier molecular flexibility index (Phi) is 6.18. The van der Waals surface area contributed by atoms with Crippen LogP contribution in [-0.2, 0) is 0 Å². The van der Waals surface area contributed by atoms with Crippen molar-refractivity contribution in [2.24, 2.45) is 10.9 Å². The van der Waals surface area contributed by atoms with Crippen molar-refractivity contribution < 1.29 is 0 Å². The van der Waals surface area contributed by atoms with E-state index in [1.165, 1.54) is 11.3 Å². The topological polar surface area (TPSA) is 12.4 Å². The maximum absolute atomic E-state index is 4.61. The first-order chi connectivity index (χ1) is 6.52. The largest absolute Gasteiger partial charge is 0.262 e. The molecular weight excluding hydrogens is 170 g/mol. The van der Waals surface area contributed by atoms with E-state index in [0.717, 1.165) is 12.1 Å². The van der Waals surface area contributed by atoms with Crippen LogP contribution in [0.15, 0.2) is 28.4 Å².